The minimum atomic E-state index is 0.287. The van der Waals surface area contributed by atoms with Crippen LogP contribution in [-0.4, -0.2) is 39.7 Å². The van der Waals surface area contributed by atoms with Crippen LogP contribution in [0.2, 0.25) is 5.15 Å². The molecule has 1 N–H and O–H groups in total. The van der Waals surface area contributed by atoms with E-state index in [1.165, 1.54) is 11.1 Å². The van der Waals surface area contributed by atoms with Crippen LogP contribution >= 0.6 is 11.6 Å². The van der Waals surface area contributed by atoms with E-state index in [4.69, 9.17) is 26.3 Å². The van der Waals surface area contributed by atoms with E-state index in [0.29, 0.717) is 17.7 Å². The van der Waals surface area contributed by atoms with E-state index >= 15 is 0 Å². The molecular formula is C28H33ClN6O. The van der Waals surface area contributed by atoms with Crippen molar-refractivity contribution in [2.24, 2.45) is 0 Å². The largest absolute Gasteiger partial charge is 0.491 e. The first-order chi connectivity index (χ1) is 17.6. The van der Waals surface area contributed by atoms with Crippen molar-refractivity contribution in [3.8, 4) is 11.4 Å². The summed E-state index contributed by atoms with van der Waals surface area (Å²) in [6.07, 6.45) is 15.2. The van der Waals surface area contributed by atoms with E-state index in [1.807, 2.05) is 22.8 Å². The lowest BCUT2D eigenvalue weighted by molar-refractivity contribution is 0.307. The molecule has 0 saturated heterocycles. The van der Waals surface area contributed by atoms with Crippen LogP contribution in [0.15, 0.2) is 54.5 Å². The summed E-state index contributed by atoms with van der Waals surface area (Å²) in [5.41, 5.74) is 5.53. The summed E-state index contributed by atoms with van der Waals surface area (Å²) in [6.45, 7) is 5.80. The molecule has 0 amide bonds. The van der Waals surface area contributed by atoms with Crippen molar-refractivity contribution in [2.75, 3.05) is 30.4 Å². The normalized spacial score (nSPS) is 18.2. The van der Waals surface area contributed by atoms with Crippen molar-refractivity contribution in [1.29, 1.82) is 0 Å². The highest BCUT2D eigenvalue weighted by atomic mass is 35.5. The molecule has 1 unspecified atom stereocenters. The summed E-state index contributed by atoms with van der Waals surface area (Å²) in [7, 11) is 2.13. The van der Waals surface area contributed by atoms with Gasteiger partial charge in [0.15, 0.2) is 0 Å². The van der Waals surface area contributed by atoms with Gasteiger partial charge in [0, 0.05) is 43.0 Å². The number of benzene rings is 1. The SMILES string of the molecule is C/C=C\C(=C/CC)C1CCc2c1nc1nc2N(C)CCCCOc2cc(ccc2-n2cnc(Cl)c2)N1. The molecule has 5 rings (SSSR count). The quantitative estimate of drug-likeness (QED) is 0.403. The molecular weight excluding hydrogens is 472 g/mol. The smallest absolute Gasteiger partial charge is 0.229 e. The van der Waals surface area contributed by atoms with Crippen molar-refractivity contribution < 1.29 is 4.74 Å². The number of hydrogen-bond acceptors (Lipinski definition) is 6. The molecule has 1 aromatic carbocycles. The molecule has 7 nitrogen and oxygen atoms in total. The van der Waals surface area contributed by atoms with Gasteiger partial charge in [-0.25, -0.2) is 9.97 Å². The Balaban J connectivity index is 1.57. The zero-order valence-electron chi connectivity index (χ0n) is 21.2. The lowest BCUT2D eigenvalue weighted by Gasteiger charge is -2.22. The summed E-state index contributed by atoms with van der Waals surface area (Å²) < 4.78 is 8.11. The molecule has 1 aliphatic heterocycles. The monoisotopic (exact) mass is 504 g/mol. The van der Waals surface area contributed by atoms with Crippen molar-refractivity contribution in [3.05, 3.63) is 70.9 Å². The Morgan fingerprint density at radius 2 is 2.17 bits per heavy atom. The van der Waals surface area contributed by atoms with E-state index in [2.05, 4.69) is 54.3 Å². The fraction of sp³-hybridized carbons (Fsp3) is 0.393. The number of nitrogens with zero attached hydrogens (tertiary/aromatic N) is 5. The summed E-state index contributed by atoms with van der Waals surface area (Å²) >= 11 is 6.07. The highest BCUT2D eigenvalue weighted by Gasteiger charge is 2.31. The number of fused-ring (bicyclic) bond motifs is 6. The van der Waals surface area contributed by atoms with Gasteiger partial charge in [-0.05, 0) is 56.7 Å². The van der Waals surface area contributed by atoms with E-state index in [0.717, 1.165) is 67.3 Å². The van der Waals surface area contributed by atoms with E-state index < -0.39 is 0 Å². The number of rotatable bonds is 4. The lowest BCUT2D eigenvalue weighted by Crippen LogP contribution is -2.22. The van der Waals surface area contributed by atoms with Gasteiger partial charge < -0.3 is 19.5 Å². The van der Waals surface area contributed by atoms with Gasteiger partial charge in [-0.15, -0.1) is 0 Å². The third-order valence-electron chi connectivity index (χ3n) is 6.78. The molecule has 36 heavy (non-hydrogen) atoms. The molecule has 0 saturated carbocycles. The number of allylic oxidation sites excluding steroid dienone is 4. The van der Waals surface area contributed by atoms with E-state index in [-0.39, 0.29) is 5.92 Å². The van der Waals surface area contributed by atoms with E-state index in [1.54, 1.807) is 12.5 Å². The molecule has 1 aliphatic carbocycles. The number of aromatic nitrogens is 4. The number of nitrogens with one attached hydrogen (secondary N) is 1. The number of halogens is 1. The molecule has 8 heteroatoms. The van der Waals surface area contributed by atoms with Gasteiger partial charge in [-0.2, -0.15) is 4.98 Å². The number of anilines is 3. The van der Waals surface area contributed by atoms with Gasteiger partial charge in [-0.1, -0.05) is 36.8 Å². The average molecular weight is 505 g/mol. The summed E-state index contributed by atoms with van der Waals surface area (Å²) in [5.74, 6) is 2.70. The minimum Gasteiger partial charge on any atom is -0.491 e. The van der Waals surface area contributed by atoms with Gasteiger partial charge >= 0.3 is 0 Å². The van der Waals surface area contributed by atoms with Crippen molar-refractivity contribution in [2.45, 2.75) is 51.9 Å². The first-order valence-electron chi connectivity index (χ1n) is 12.8. The number of imidazole rings is 1. The summed E-state index contributed by atoms with van der Waals surface area (Å²) in [5, 5.41) is 3.91. The van der Waals surface area contributed by atoms with Crippen molar-refractivity contribution in [1.82, 2.24) is 19.5 Å². The Labute approximate surface area is 217 Å². The van der Waals surface area contributed by atoms with Crippen LogP contribution in [-0.2, 0) is 6.42 Å². The van der Waals surface area contributed by atoms with Crippen molar-refractivity contribution >= 4 is 29.1 Å². The average Bonchev–Trinajstić information content (AvgIpc) is 3.49. The van der Waals surface area contributed by atoms with Crippen LogP contribution in [0.1, 0.15) is 56.7 Å². The first-order valence-corrected chi connectivity index (χ1v) is 13.1. The second kappa shape index (κ2) is 10.7. The van der Waals surface area contributed by atoms with Crippen LogP contribution < -0.4 is 15.0 Å². The van der Waals surface area contributed by atoms with Crippen LogP contribution in [0.5, 0.6) is 5.75 Å². The molecule has 3 aromatic rings. The van der Waals surface area contributed by atoms with Gasteiger partial charge in [0.2, 0.25) is 5.95 Å². The third kappa shape index (κ3) is 4.98. The number of ether oxygens (including phenoxy) is 1. The van der Waals surface area contributed by atoms with Crippen LogP contribution in [0.25, 0.3) is 5.69 Å². The number of hydrogen-bond donors (Lipinski definition) is 1. The maximum atomic E-state index is 6.23. The lowest BCUT2D eigenvalue weighted by atomic mass is 9.95. The fourth-order valence-electron chi connectivity index (χ4n) is 5.11. The van der Waals surface area contributed by atoms with Gasteiger partial charge in [-0.3, -0.25) is 0 Å². The fourth-order valence-corrected chi connectivity index (χ4v) is 5.26. The maximum Gasteiger partial charge on any atom is 0.229 e. The molecule has 1 atom stereocenters. The van der Waals surface area contributed by atoms with Crippen LogP contribution in [0.4, 0.5) is 17.5 Å². The zero-order chi connectivity index (χ0) is 25.1. The van der Waals surface area contributed by atoms with E-state index in [9.17, 15) is 0 Å². The van der Waals surface area contributed by atoms with Gasteiger partial charge in [0.05, 0.1) is 18.0 Å². The second-order valence-corrected chi connectivity index (χ2v) is 9.71. The predicted molar refractivity (Wildman–Crippen MR) is 146 cm³/mol. The molecule has 3 heterocycles. The van der Waals surface area contributed by atoms with Gasteiger partial charge in [0.1, 0.15) is 23.0 Å². The molecule has 0 fully saturated rings. The highest BCUT2D eigenvalue weighted by Crippen LogP contribution is 2.42. The molecule has 2 aromatic heterocycles. The Kier molecular flexibility index (Phi) is 7.28. The highest BCUT2D eigenvalue weighted by molar-refractivity contribution is 6.29. The third-order valence-corrected chi connectivity index (χ3v) is 6.98. The summed E-state index contributed by atoms with van der Waals surface area (Å²) in [4.78, 5) is 16.5. The molecule has 188 valence electrons. The predicted octanol–water partition coefficient (Wildman–Crippen LogP) is 6.61. The summed E-state index contributed by atoms with van der Waals surface area (Å²) in [6, 6.07) is 6.02. The Morgan fingerprint density at radius 1 is 1.28 bits per heavy atom. The van der Waals surface area contributed by atoms with Gasteiger partial charge in [0.25, 0.3) is 0 Å². The first kappa shape index (κ1) is 24.4. The minimum absolute atomic E-state index is 0.287. The molecule has 0 spiro atoms. The standard InChI is InChI=1S/C28H33ClN6O/c1-4-8-19(9-5-2)21-11-12-22-26(21)32-28-31-20-10-13-23(35-17-25(29)30-18-35)24(16-20)36-15-7-6-14-34(3)27(22)33-28/h4,8-10,13,16-18,21H,5-7,11-12,14-15H2,1-3H3,(H,31,32,33)/b8-4-,19-9+. The second-order valence-electron chi connectivity index (χ2n) is 9.33. The molecule has 0 radical (unpaired) electrons. The Hall–Kier alpha value is -3.32. The topological polar surface area (TPSA) is 68.1 Å². The van der Waals surface area contributed by atoms with Crippen LogP contribution in [0, 0.1) is 0 Å². The Morgan fingerprint density at radius 3 is 2.94 bits per heavy atom. The molecule has 2 aliphatic rings. The zero-order valence-corrected chi connectivity index (χ0v) is 21.9. The molecule has 4 bridgehead atoms. The maximum absolute atomic E-state index is 6.23. The Bertz CT molecular complexity index is 1300. The van der Waals surface area contributed by atoms with Crippen molar-refractivity contribution in [3.63, 3.8) is 0 Å². The van der Waals surface area contributed by atoms with Crippen LogP contribution in [0.3, 0.4) is 0 Å².